The van der Waals surface area contributed by atoms with Crippen LogP contribution in [0.5, 0.6) is 0 Å². The molecule has 0 saturated carbocycles. The molecule has 1 amide bonds. The van der Waals surface area contributed by atoms with E-state index in [1.807, 2.05) is 6.92 Å². The van der Waals surface area contributed by atoms with Crippen LogP contribution in [0.25, 0.3) is 0 Å². The first kappa shape index (κ1) is 9.82. The summed E-state index contributed by atoms with van der Waals surface area (Å²) in [7, 11) is 0. The second-order valence-electron chi connectivity index (χ2n) is 2.05. The number of hydrogen-bond donors (Lipinski definition) is 1. The lowest BCUT2D eigenvalue weighted by Crippen LogP contribution is -2.22. The van der Waals surface area contributed by atoms with E-state index in [1.165, 1.54) is 0 Å². The maximum atomic E-state index is 10.8. The highest BCUT2D eigenvalue weighted by molar-refractivity contribution is 7.98. The molecule has 0 bridgehead atoms. The van der Waals surface area contributed by atoms with E-state index in [2.05, 4.69) is 11.6 Å². The SMILES string of the molecule is CCNC(=O)CCCSC. The molecule has 10 heavy (non-hydrogen) atoms. The minimum absolute atomic E-state index is 0.177. The number of rotatable bonds is 5. The van der Waals surface area contributed by atoms with Crippen molar-refractivity contribution >= 4 is 17.7 Å². The molecule has 0 aromatic heterocycles. The smallest absolute Gasteiger partial charge is 0.220 e. The first-order valence-electron chi connectivity index (χ1n) is 3.57. The standard InChI is InChI=1S/C7H15NOS/c1-3-8-7(9)5-4-6-10-2/h3-6H2,1-2H3,(H,8,9). The number of amides is 1. The van der Waals surface area contributed by atoms with Crippen molar-refractivity contribution in [2.45, 2.75) is 19.8 Å². The molecule has 0 radical (unpaired) electrons. The van der Waals surface area contributed by atoms with Crippen LogP contribution in [0, 0.1) is 0 Å². The van der Waals surface area contributed by atoms with E-state index in [0.29, 0.717) is 6.42 Å². The number of thioether (sulfide) groups is 1. The molecule has 0 aliphatic carbocycles. The van der Waals surface area contributed by atoms with Gasteiger partial charge in [0, 0.05) is 13.0 Å². The Morgan fingerprint density at radius 3 is 2.80 bits per heavy atom. The van der Waals surface area contributed by atoms with Gasteiger partial charge in [-0.1, -0.05) is 0 Å². The molecule has 0 aliphatic rings. The van der Waals surface area contributed by atoms with Gasteiger partial charge >= 0.3 is 0 Å². The molecule has 0 spiro atoms. The van der Waals surface area contributed by atoms with Crippen LogP contribution >= 0.6 is 11.8 Å². The van der Waals surface area contributed by atoms with Gasteiger partial charge in [-0.05, 0) is 25.4 Å². The van der Waals surface area contributed by atoms with Crippen LogP contribution in [0.3, 0.4) is 0 Å². The Bertz CT molecular complexity index is 95.6. The summed E-state index contributed by atoms with van der Waals surface area (Å²) in [6.45, 7) is 2.69. The summed E-state index contributed by atoms with van der Waals surface area (Å²) >= 11 is 1.78. The summed E-state index contributed by atoms with van der Waals surface area (Å²) in [5.41, 5.74) is 0. The van der Waals surface area contributed by atoms with E-state index in [4.69, 9.17) is 0 Å². The summed E-state index contributed by atoms with van der Waals surface area (Å²) in [5, 5.41) is 2.76. The zero-order chi connectivity index (χ0) is 7.82. The van der Waals surface area contributed by atoms with Crippen LogP contribution in [0.15, 0.2) is 0 Å². The summed E-state index contributed by atoms with van der Waals surface area (Å²) in [4.78, 5) is 10.8. The van der Waals surface area contributed by atoms with Gasteiger partial charge in [-0.15, -0.1) is 0 Å². The van der Waals surface area contributed by atoms with E-state index in [-0.39, 0.29) is 5.91 Å². The summed E-state index contributed by atoms with van der Waals surface area (Å²) in [6.07, 6.45) is 3.72. The van der Waals surface area contributed by atoms with E-state index in [0.717, 1.165) is 18.7 Å². The number of carbonyl (C=O) groups is 1. The molecule has 0 fully saturated rings. The van der Waals surface area contributed by atoms with Crippen molar-refractivity contribution in [3.05, 3.63) is 0 Å². The van der Waals surface area contributed by atoms with Gasteiger partial charge in [0.1, 0.15) is 0 Å². The highest BCUT2D eigenvalue weighted by Crippen LogP contribution is 1.98. The topological polar surface area (TPSA) is 29.1 Å². The maximum absolute atomic E-state index is 10.8. The second-order valence-corrected chi connectivity index (χ2v) is 3.04. The van der Waals surface area contributed by atoms with Crippen LogP contribution in [-0.4, -0.2) is 24.5 Å². The Hall–Kier alpha value is -0.180. The molecular weight excluding hydrogens is 146 g/mol. The van der Waals surface area contributed by atoms with Crippen LogP contribution in [-0.2, 0) is 4.79 Å². The van der Waals surface area contributed by atoms with E-state index >= 15 is 0 Å². The predicted molar refractivity (Wildman–Crippen MR) is 46.3 cm³/mol. The lowest BCUT2D eigenvalue weighted by molar-refractivity contribution is -0.120. The van der Waals surface area contributed by atoms with Crippen LogP contribution < -0.4 is 5.32 Å². The Balaban J connectivity index is 3.05. The molecule has 3 heteroatoms. The molecule has 0 aromatic carbocycles. The molecule has 0 heterocycles. The van der Waals surface area contributed by atoms with Gasteiger partial charge in [0.2, 0.25) is 5.91 Å². The van der Waals surface area contributed by atoms with Gasteiger partial charge in [0.25, 0.3) is 0 Å². The molecule has 0 aliphatic heterocycles. The number of nitrogens with one attached hydrogen (secondary N) is 1. The van der Waals surface area contributed by atoms with Gasteiger partial charge in [-0.3, -0.25) is 4.79 Å². The van der Waals surface area contributed by atoms with Crippen molar-refractivity contribution in [2.24, 2.45) is 0 Å². The number of hydrogen-bond acceptors (Lipinski definition) is 2. The summed E-state index contributed by atoms with van der Waals surface area (Å²) < 4.78 is 0. The largest absolute Gasteiger partial charge is 0.356 e. The normalized spacial score (nSPS) is 9.40. The predicted octanol–water partition coefficient (Wildman–Crippen LogP) is 1.27. The average molecular weight is 161 g/mol. The van der Waals surface area contributed by atoms with Gasteiger partial charge in [0.15, 0.2) is 0 Å². The zero-order valence-corrected chi connectivity index (χ0v) is 7.46. The fourth-order valence-electron chi connectivity index (χ4n) is 0.663. The monoisotopic (exact) mass is 161 g/mol. The minimum atomic E-state index is 0.177. The van der Waals surface area contributed by atoms with Gasteiger partial charge in [0.05, 0.1) is 0 Å². The number of carbonyl (C=O) groups excluding carboxylic acids is 1. The van der Waals surface area contributed by atoms with Crippen LogP contribution in [0.2, 0.25) is 0 Å². The van der Waals surface area contributed by atoms with Crippen molar-refractivity contribution in [3.63, 3.8) is 0 Å². The molecular formula is C7H15NOS. The molecule has 0 unspecified atom stereocenters. The lowest BCUT2D eigenvalue weighted by atomic mass is 10.3. The highest BCUT2D eigenvalue weighted by Gasteiger charge is 1.96. The quantitative estimate of drug-likeness (QED) is 0.615. The van der Waals surface area contributed by atoms with Gasteiger partial charge < -0.3 is 5.32 Å². The van der Waals surface area contributed by atoms with Crippen molar-refractivity contribution in [2.75, 3.05) is 18.6 Å². The fourth-order valence-corrected chi connectivity index (χ4v) is 1.10. The molecule has 0 aromatic rings. The van der Waals surface area contributed by atoms with Crippen molar-refractivity contribution < 1.29 is 4.79 Å². The summed E-state index contributed by atoms with van der Waals surface area (Å²) in [5.74, 6) is 1.26. The molecule has 0 atom stereocenters. The third kappa shape index (κ3) is 5.95. The molecule has 0 saturated heterocycles. The average Bonchev–Trinajstić information content (AvgIpc) is 1.89. The second kappa shape index (κ2) is 6.93. The first-order valence-corrected chi connectivity index (χ1v) is 4.96. The van der Waals surface area contributed by atoms with Gasteiger partial charge in [-0.2, -0.15) is 11.8 Å². The Labute approximate surface area is 66.8 Å². The molecule has 0 rings (SSSR count). The molecule has 1 N–H and O–H groups in total. The van der Waals surface area contributed by atoms with Crippen LogP contribution in [0.4, 0.5) is 0 Å². The minimum Gasteiger partial charge on any atom is -0.356 e. The van der Waals surface area contributed by atoms with Gasteiger partial charge in [-0.25, -0.2) is 0 Å². The Kier molecular flexibility index (Phi) is 6.81. The van der Waals surface area contributed by atoms with E-state index in [1.54, 1.807) is 11.8 Å². The fraction of sp³-hybridized carbons (Fsp3) is 0.857. The van der Waals surface area contributed by atoms with Crippen LogP contribution in [0.1, 0.15) is 19.8 Å². The Morgan fingerprint density at radius 1 is 1.60 bits per heavy atom. The molecule has 2 nitrogen and oxygen atoms in total. The van der Waals surface area contributed by atoms with Crippen molar-refractivity contribution in [1.29, 1.82) is 0 Å². The Morgan fingerprint density at radius 2 is 2.30 bits per heavy atom. The maximum Gasteiger partial charge on any atom is 0.220 e. The third-order valence-corrected chi connectivity index (χ3v) is 1.82. The third-order valence-electron chi connectivity index (χ3n) is 1.13. The van der Waals surface area contributed by atoms with Crippen molar-refractivity contribution in [1.82, 2.24) is 5.32 Å². The zero-order valence-electron chi connectivity index (χ0n) is 6.64. The molecule has 60 valence electrons. The van der Waals surface area contributed by atoms with Crippen molar-refractivity contribution in [3.8, 4) is 0 Å². The van der Waals surface area contributed by atoms with E-state index < -0.39 is 0 Å². The summed E-state index contributed by atoms with van der Waals surface area (Å²) in [6, 6.07) is 0. The first-order chi connectivity index (χ1) is 4.81. The van der Waals surface area contributed by atoms with E-state index in [9.17, 15) is 4.79 Å². The highest BCUT2D eigenvalue weighted by atomic mass is 32.2. The lowest BCUT2D eigenvalue weighted by Gasteiger charge is -1.99.